The predicted molar refractivity (Wildman–Crippen MR) is 43.9 cm³/mol. The molecule has 0 saturated carbocycles. The smallest absolute Gasteiger partial charge is 0.293 e. The fraction of sp³-hybridized carbons (Fsp3) is 0.125. The van der Waals surface area contributed by atoms with Gasteiger partial charge in [-0.15, -0.1) is 0 Å². The molecule has 0 N–H and O–H groups in total. The summed E-state index contributed by atoms with van der Waals surface area (Å²) in [5.41, 5.74) is 0.365. The molecule has 3 nitrogen and oxygen atoms in total. The molecular weight excluding hydrogens is 180 g/mol. The van der Waals surface area contributed by atoms with Crippen molar-refractivity contribution < 1.29 is 14.6 Å². The first kappa shape index (κ1) is 9.03. The molecule has 0 aliphatic heterocycles. The van der Waals surface area contributed by atoms with Crippen LogP contribution in [0.15, 0.2) is 24.3 Å². The Morgan fingerprint density at radius 3 is 2.83 bits per heavy atom. The maximum absolute atomic E-state index is 11.0. The van der Waals surface area contributed by atoms with E-state index in [2.05, 4.69) is 9.78 Å². The zero-order chi connectivity index (χ0) is 8.97. The van der Waals surface area contributed by atoms with Gasteiger partial charge in [-0.3, -0.25) is 4.89 Å². The monoisotopic (exact) mass is 186 g/mol. The Balaban J connectivity index is 2.81. The van der Waals surface area contributed by atoms with Crippen molar-refractivity contribution in [3.8, 4) is 0 Å². The van der Waals surface area contributed by atoms with Gasteiger partial charge in [0.1, 0.15) is 0 Å². The van der Waals surface area contributed by atoms with Crippen molar-refractivity contribution in [2.45, 2.75) is 0 Å². The van der Waals surface area contributed by atoms with E-state index in [0.29, 0.717) is 10.6 Å². The molecule has 1 aromatic carbocycles. The summed E-state index contributed by atoms with van der Waals surface area (Å²) in [5, 5.41) is 0.487. The summed E-state index contributed by atoms with van der Waals surface area (Å²) in [4.78, 5) is 19.5. The van der Waals surface area contributed by atoms with Crippen LogP contribution in [0.25, 0.3) is 0 Å². The van der Waals surface area contributed by atoms with E-state index in [9.17, 15) is 4.79 Å². The number of hydrogen-bond acceptors (Lipinski definition) is 3. The van der Waals surface area contributed by atoms with Gasteiger partial charge < -0.3 is 0 Å². The topological polar surface area (TPSA) is 35.5 Å². The summed E-state index contributed by atoms with van der Waals surface area (Å²) in [6.45, 7) is 0. The molecule has 0 bridgehead atoms. The van der Waals surface area contributed by atoms with Gasteiger partial charge in [-0.1, -0.05) is 17.7 Å². The van der Waals surface area contributed by atoms with Gasteiger partial charge in [0, 0.05) is 5.02 Å². The van der Waals surface area contributed by atoms with Crippen LogP contribution in [0.3, 0.4) is 0 Å². The highest BCUT2D eigenvalue weighted by atomic mass is 35.5. The average molecular weight is 187 g/mol. The van der Waals surface area contributed by atoms with E-state index < -0.39 is 5.97 Å². The summed E-state index contributed by atoms with van der Waals surface area (Å²) in [5.74, 6) is -0.556. The van der Waals surface area contributed by atoms with Crippen molar-refractivity contribution in [1.82, 2.24) is 0 Å². The van der Waals surface area contributed by atoms with Gasteiger partial charge in [0.15, 0.2) is 0 Å². The zero-order valence-electron chi connectivity index (χ0n) is 6.41. The van der Waals surface area contributed by atoms with Crippen LogP contribution in [0.4, 0.5) is 0 Å². The maximum atomic E-state index is 11.0. The third kappa shape index (κ3) is 2.22. The van der Waals surface area contributed by atoms with E-state index in [-0.39, 0.29) is 0 Å². The normalized spacial score (nSPS) is 9.50. The molecule has 0 fully saturated rings. The van der Waals surface area contributed by atoms with Crippen molar-refractivity contribution in [3.05, 3.63) is 34.9 Å². The number of rotatable bonds is 2. The van der Waals surface area contributed by atoms with Gasteiger partial charge in [-0.25, -0.2) is 4.79 Å². The minimum absolute atomic E-state index is 0.365. The Bertz CT molecular complexity index is 285. The molecule has 0 aromatic heterocycles. The number of carbonyl (C=O) groups is 1. The molecular formula is C8H7ClO3. The molecule has 4 heteroatoms. The van der Waals surface area contributed by atoms with Crippen LogP contribution < -0.4 is 0 Å². The standard InChI is InChI=1S/C8H7ClO3/c1-11-12-8(10)6-3-2-4-7(9)5-6/h2-5H,1H3. The maximum Gasteiger partial charge on any atom is 0.373 e. The van der Waals surface area contributed by atoms with Crippen molar-refractivity contribution in [2.24, 2.45) is 0 Å². The number of hydrogen-bond donors (Lipinski definition) is 0. The van der Waals surface area contributed by atoms with Crippen LogP contribution in [-0.4, -0.2) is 13.1 Å². The van der Waals surface area contributed by atoms with Crippen molar-refractivity contribution >= 4 is 17.6 Å². The highest BCUT2D eigenvalue weighted by molar-refractivity contribution is 6.30. The van der Waals surface area contributed by atoms with E-state index in [1.807, 2.05) is 0 Å². The van der Waals surface area contributed by atoms with Gasteiger partial charge in [0.2, 0.25) is 0 Å². The summed E-state index contributed by atoms with van der Waals surface area (Å²) < 4.78 is 0. The Hall–Kier alpha value is -1.06. The second-order valence-corrected chi connectivity index (χ2v) is 2.48. The average Bonchev–Trinajstić information content (AvgIpc) is 2.05. The van der Waals surface area contributed by atoms with Crippen molar-refractivity contribution in [2.75, 3.05) is 7.11 Å². The van der Waals surface area contributed by atoms with Gasteiger partial charge in [-0.05, 0) is 18.2 Å². The lowest BCUT2D eigenvalue weighted by Gasteiger charge is -1.98. The Morgan fingerprint density at radius 2 is 2.25 bits per heavy atom. The first-order valence-corrected chi connectivity index (χ1v) is 3.62. The van der Waals surface area contributed by atoms with E-state index in [1.165, 1.54) is 13.2 Å². The predicted octanol–water partition coefficient (Wildman–Crippen LogP) is 2.06. The van der Waals surface area contributed by atoms with E-state index in [0.717, 1.165) is 0 Å². The molecule has 12 heavy (non-hydrogen) atoms. The Kier molecular flexibility index (Phi) is 3.08. The second-order valence-electron chi connectivity index (χ2n) is 2.05. The fourth-order valence-electron chi connectivity index (χ4n) is 0.739. The molecule has 0 aliphatic rings. The van der Waals surface area contributed by atoms with E-state index >= 15 is 0 Å². The summed E-state index contributed by atoms with van der Waals surface area (Å²) in [6, 6.07) is 6.43. The SMILES string of the molecule is COOC(=O)c1cccc(Cl)c1. The molecule has 0 atom stereocenters. The van der Waals surface area contributed by atoms with Crippen molar-refractivity contribution in [3.63, 3.8) is 0 Å². The van der Waals surface area contributed by atoms with Gasteiger partial charge >= 0.3 is 5.97 Å². The van der Waals surface area contributed by atoms with E-state index in [1.54, 1.807) is 18.2 Å². The molecule has 0 aliphatic carbocycles. The molecule has 1 rings (SSSR count). The third-order valence-corrected chi connectivity index (χ3v) is 1.45. The van der Waals surface area contributed by atoms with Crippen LogP contribution in [0, 0.1) is 0 Å². The largest absolute Gasteiger partial charge is 0.373 e. The van der Waals surface area contributed by atoms with Crippen LogP contribution >= 0.6 is 11.6 Å². The Morgan fingerprint density at radius 1 is 1.50 bits per heavy atom. The summed E-state index contributed by atoms with van der Waals surface area (Å²) >= 11 is 5.64. The summed E-state index contributed by atoms with van der Waals surface area (Å²) in [7, 11) is 1.27. The van der Waals surface area contributed by atoms with Crippen molar-refractivity contribution in [1.29, 1.82) is 0 Å². The van der Waals surface area contributed by atoms with Gasteiger partial charge in [0.05, 0.1) is 12.7 Å². The quantitative estimate of drug-likeness (QED) is 0.524. The fourth-order valence-corrected chi connectivity index (χ4v) is 0.930. The molecule has 0 amide bonds. The minimum atomic E-state index is -0.556. The Labute approximate surface area is 74.8 Å². The highest BCUT2D eigenvalue weighted by Gasteiger charge is 2.06. The van der Waals surface area contributed by atoms with Crippen LogP contribution in [0.5, 0.6) is 0 Å². The number of halogens is 1. The molecule has 64 valence electrons. The van der Waals surface area contributed by atoms with Gasteiger partial charge in [0.25, 0.3) is 0 Å². The molecule has 0 saturated heterocycles. The number of carbonyl (C=O) groups excluding carboxylic acids is 1. The van der Waals surface area contributed by atoms with Gasteiger partial charge in [-0.2, -0.15) is 4.89 Å². The molecule has 1 aromatic rings. The molecule has 0 heterocycles. The van der Waals surface area contributed by atoms with Crippen LogP contribution in [-0.2, 0) is 9.78 Å². The summed E-state index contributed by atoms with van der Waals surface area (Å²) in [6.07, 6.45) is 0. The third-order valence-electron chi connectivity index (χ3n) is 1.22. The zero-order valence-corrected chi connectivity index (χ0v) is 7.17. The first-order chi connectivity index (χ1) is 5.74. The highest BCUT2D eigenvalue weighted by Crippen LogP contribution is 2.11. The molecule has 0 radical (unpaired) electrons. The van der Waals surface area contributed by atoms with E-state index in [4.69, 9.17) is 11.6 Å². The second kappa shape index (κ2) is 4.09. The lowest BCUT2D eigenvalue weighted by atomic mass is 10.2. The lowest BCUT2D eigenvalue weighted by Crippen LogP contribution is -2.03. The minimum Gasteiger partial charge on any atom is -0.293 e. The number of benzene rings is 1. The van der Waals surface area contributed by atoms with Crippen LogP contribution in [0.2, 0.25) is 5.02 Å². The van der Waals surface area contributed by atoms with Crippen LogP contribution in [0.1, 0.15) is 10.4 Å². The first-order valence-electron chi connectivity index (χ1n) is 3.24. The molecule has 0 unspecified atom stereocenters. The molecule has 0 spiro atoms. The lowest BCUT2D eigenvalue weighted by molar-refractivity contribution is -0.216.